The van der Waals surface area contributed by atoms with Crippen LogP contribution < -0.4 is 0 Å². The molecule has 1 aromatic carbocycles. The van der Waals surface area contributed by atoms with E-state index in [9.17, 15) is 14.9 Å². The first-order chi connectivity index (χ1) is 7.60. The number of ether oxygens (including phenoxy) is 1. The van der Waals surface area contributed by atoms with Gasteiger partial charge in [-0.2, -0.15) is 0 Å². The Kier molecular flexibility index (Phi) is 3.56. The van der Waals surface area contributed by atoms with E-state index in [0.717, 1.165) is 0 Å². The van der Waals surface area contributed by atoms with E-state index in [1.807, 2.05) is 0 Å². The average molecular weight is 220 g/mol. The molecule has 6 heteroatoms. The summed E-state index contributed by atoms with van der Waals surface area (Å²) in [5, 5.41) is 10.4. The van der Waals surface area contributed by atoms with Gasteiger partial charge in [0.1, 0.15) is 0 Å². The number of benzene rings is 1. The molecule has 0 unspecified atom stereocenters. The van der Waals surface area contributed by atoms with Gasteiger partial charge in [-0.15, -0.1) is 0 Å². The van der Waals surface area contributed by atoms with Crippen LogP contribution in [0.3, 0.4) is 0 Å². The molecule has 0 aliphatic carbocycles. The van der Waals surface area contributed by atoms with Gasteiger partial charge in [-0.3, -0.25) is 15.0 Å². The number of nitrogens with zero attached hydrogens (tertiary/aromatic N) is 2. The first kappa shape index (κ1) is 11.7. The van der Waals surface area contributed by atoms with Crippen molar-refractivity contribution in [2.45, 2.75) is 6.04 Å². The van der Waals surface area contributed by atoms with Crippen molar-refractivity contribution < 1.29 is 14.5 Å². The number of nitro groups is 1. The van der Waals surface area contributed by atoms with Crippen LogP contribution in [0.25, 0.3) is 4.85 Å². The molecule has 0 aliphatic heterocycles. The van der Waals surface area contributed by atoms with Crippen LogP contribution in [0.1, 0.15) is 11.6 Å². The number of hydrogen-bond donors (Lipinski definition) is 0. The molecule has 1 atom stereocenters. The minimum atomic E-state index is -1.06. The number of carbonyl (C=O) groups excluding carboxylic acids is 1. The molecule has 0 aromatic heterocycles. The second kappa shape index (κ2) is 4.89. The monoisotopic (exact) mass is 220 g/mol. The van der Waals surface area contributed by atoms with Crippen molar-refractivity contribution in [1.29, 1.82) is 0 Å². The molecule has 0 aliphatic rings. The highest BCUT2D eigenvalue weighted by atomic mass is 16.6. The van der Waals surface area contributed by atoms with Gasteiger partial charge in [0.05, 0.1) is 12.0 Å². The lowest BCUT2D eigenvalue weighted by Crippen LogP contribution is -2.10. The maximum Gasteiger partial charge on any atom is 0.395 e. The summed E-state index contributed by atoms with van der Waals surface area (Å²) in [5.41, 5.74) is 0.296. The summed E-state index contributed by atoms with van der Waals surface area (Å²) in [6, 6.07) is 4.17. The van der Waals surface area contributed by atoms with Gasteiger partial charge in [-0.25, -0.2) is 11.4 Å². The molecule has 6 nitrogen and oxygen atoms in total. The highest BCUT2D eigenvalue weighted by Gasteiger charge is 2.27. The van der Waals surface area contributed by atoms with Crippen molar-refractivity contribution in [1.82, 2.24) is 0 Å². The molecule has 0 spiro atoms. The van der Waals surface area contributed by atoms with Crippen molar-refractivity contribution in [3.63, 3.8) is 0 Å². The summed E-state index contributed by atoms with van der Waals surface area (Å²) in [4.78, 5) is 24.1. The normalized spacial score (nSPS) is 11.2. The lowest BCUT2D eigenvalue weighted by molar-refractivity contribution is -0.384. The molecular formula is C10H8N2O4. The zero-order valence-electron chi connectivity index (χ0n) is 8.41. The van der Waals surface area contributed by atoms with Gasteiger partial charge in [0.15, 0.2) is 0 Å². The van der Waals surface area contributed by atoms with Crippen LogP contribution in [-0.2, 0) is 9.53 Å². The third-order valence-corrected chi connectivity index (χ3v) is 1.97. The number of hydrogen-bond acceptors (Lipinski definition) is 4. The molecule has 82 valence electrons. The van der Waals surface area contributed by atoms with Gasteiger partial charge in [0.2, 0.25) is 0 Å². The number of carbonyl (C=O) groups is 1. The summed E-state index contributed by atoms with van der Waals surface area (Å²) < 4.78 is 4.45. The molecule has 0 amide bonds. The third-order valence-electron chi connectivity index (χ3n) is 1.97. The molecule has 0 fully saturated rings. The van der Waals surface area contributed by atoms with Crippen molar-refractivity contribution in [3.8, 4) is 0 Å². The fourth-order valence-corrected chi connectivity index (χ4v) is 1.15. The Balaban J connectivity index is 3.01. The van der Waals surface area contributed by atoms with E-state index in [4.69, 9.17) is 6.57 Å². The topological polar surface area (TPSA) is 73.8 Å². The van der Waals surface area contributed by atoms with Gasteiger partial charge in [-0.1, -0.05) is 0 Å². The van der Waals surface area contributed by atoms with Crippen LogP contribution in [0.4, 0.5) is 5.69 Å². The van der Waals surface area contributed by atoms with Crippen LogP contribution in [0.5, 0.6) is 0 Å². The van der Waals surface area contributed by atoms with E-state index in [-0.39, 0.29) is 5.69 Å². The van der Waals surface area contributed by atoms with Gasteiger partial charge in [0, 0.05) is 17.7 Å². The van der Waals surface area contributed by atoms with Crippen LogP contribution in [0.15, 0.2) is 24.3 Å². The molecule has 0 bridgehead atoms. The van der Waals surface area contributed by atoms with Crippen molar-refractivity contribution >= 4 is 11.7 Å². The summed E-state index contributed by atoms with van der Waals surface area (Å²) in [7, 11) is 1.19. The quantitative estimate of drug-likeness (QED) is 0.336. The first-order valence-electron chi connectivity index (χ1n) is 4.29. The highest BCUT2D eigenvalue weighted by molar-refractivity contribution is 5.79. The molecule has 0 N–H and O–H groups in total. The maximum atomic E-state index is 11.2. The molecule has 16 heavy (non-hydrogen) atoms. The maximum absolute atomic E-state index is 11.2. The zero-order valence-corrected chi connectivity index (χ0v) is 8.41. The van der Waals surface area contributed by atoms with Gasteiger partial charge in [-0.05, 0) is 12.1 Å². The fourth-order valence-electron chi connectivity index (χ4n) is 1.15. The van der Waals surface area contributed by atoms with Gasteiger partial charge in [0.25, 0.3) is 5.69 Å². The van der Waals surface area contributed by atoms with E-state index in [0.29, 0.717) is 5.56 Å². The van der Waals surface area contributed by atoms with Crippen LogP contribution >= 0.6 is 0 Å². The number of esters is 1. The molecule has 1 aromatic rings. The highest BCUT2D eigenvalue weighted by Crippen LogP contribution is 2.21. The Bertz CT molecular complexity index is 447. The van der Waals surface area contributed by atoms with Crippen molar-refractivity contribution in [3.05, 3.63) is 51.4 Å². The van der Waals surface area contributed by atoms with Gasteiger partial charge < -0.3 is 4.74 Å². The minimum absolute atomic E-state index is 0.0858. The van der Waals surface area contributed by atoms with Crippen molar-refractivity contribution in [2.75, 3.05) is 7.11 Å². The Morgan fingerprint density at radius 3 is 2.44 bits per heavy atom. The average Bonchev–Trinajstić information content (AvgIpc) is 2.30. The number of methoxy groups -OCH3 is 1. The minimum Gasteiger partial charge on any atom is -0.463 e. The molecule has 0 heterocycles. The Morgan fingerprint density at radius 2 is 2.06 bits per heavy atom. The number of non-ortho nitro benzene ring substituents is 1. The van der Waals surface area contributed by atoms with Crippen molar-refractivity contribution in [2.24, 2.45) is 0 Å². The number of nitro benzene ring substituents is 1. The zero-order chi connectivity index (χ0) is 12.1. The second-order valence-electron chi connectivity index (χ2n) is 2.90. The summed E-state index contributed by atoms with van der Waals surface area (Å²) >= 11 is 0. The van der Waals surface area contributed by atoms with Crippen LogP contribution in [0.2, 0.25) is 0 Å². The predicted molar refractivity (Wildman–Crippen MR) is 54.5 cm³/mol. The molecule has 0 saturated heterocycles. The standard InChI is InChI=1S/C10H8N2O4/c1-11-9(10(13)16-2)7-3-5-8(6-4-7)12(14)15/h3-6,9H,2H3/t9-/m1/s1. The summed E-state index contributed by atoms with van der Waals surface area (Å²) in [6.07, 6.45) is 0. The van der Waals surface area contributed by atoms with Crippen LogP contribution in [0, 0.1) is 16.7 Å². The largest absolute Gasteiger partial charge is 0.463 e. The van der Waals surface area contributed by atoms with E-state index in [1.54, 1.807) is 0 Å². The fraction of sp³-hybridized carbons (Fsp3) is 0.200. The number of rotatable bonds is 3. The van der Waals surface area contributed by atoms with E-state index in [2.05, 4.69) is 9.58 Å². The lowest BCUT2D eigenvalue weighted by Gasteiger charge is -2.02. The van der Waals surface area contributed by atoms with E-state index < -0.39 is 16.9 Å². The van der Waals surface area contributed by atoms with Crippen LogP contribution in [-0.4, -0.2) is 18.0 Å². The second-order valence-corrected chi connectivity index (χ2v) is 2.90. The Morgan fingerprint density at radius 1 is 1.50 bits per heavy atom. The molecule has 0 saturated carbocycles. The van der Waals surface area contributed by atoms with E-state index in [1.165, 1.54) is 31.4 Å². The summed E-state index contributed by atoms with van der Waals surface area (Å²) in [6.45, 7) is 6.86. The molecule has 1 rings (SSSR count). The van der Waals surface area contributed by atoms with Gasteiger partial charge >= 0.3 is 12.0 Å². The SMILES string of the molecule is [C-]#[N+][C@@H](C(=O)OC)c1ccc([N+](=O)[O-])cc1. The smallest absolute Gasteiger partial charge is 0.395 e. The summed E-state index contributed by atoms with van der Waals surface area (Å²) in [5.74, 6) is -0.677. The van der Waals surface area contributed by atoms with E-state index >= 15 is 0 Å². The predicted octanol–water partition coefficient (Wildman–Crippen LogP) is 1.73. The Labute approximate surface area is 91.4 Å². The first-order valence-corrected chi connectivity index (χ1v) is 4.29. The third kappa shape index (κ3) is 2.33. The molecule has 0 radical (unpaired) electrons. The lowest BCUT2D eigenvalue weighted by atomic mass is 10.1. The molecular weight excluding hydrogens is 212 g/mol. The Hall–Kier alpha value is -2.42.